The molecule has 0 bridgehead atoms. The highest BCUT2D eigenvalue weighted by atomic mass is 32.2. The van der Waals surface area contributed by atoms with Gasteiger partial charge in [-0.05, 0) is 49.9 Å². The molecule has 0 spiro atoms. The van der Waals surface area contributed by atoms with Crippen molar-refractivity contribution in [2.75, 3.05) is 5.73 Å². The van der Waals surface area contributed by atoms with Crippen LogP contribution in [-0.2, 0) is 6.18 Å². The monoisotopic (exact) mass is 299 g/mol. The van der Waals surface area contributed by atoms with E-state index in [2.05, 4.69) is 9.97 Å². The van der Waals surface area contributed by atoms with Crippen molar-refractivity contribution in [2.45, 2.75) is 30.1 Å². The van der Waals surface area contributed by atoms with Crippen molar-refractivity contribution in [1.29, 1.82) is 0 Å². The van der Waals surface area contributed by atoms with Crippen LogP contribution in [0.1, 0.15) is 17.0 Å². The fraction of sp³-hybridized carbons (Fsp3) is 0.231. The average Bonchev–Trinajstić information content (AvgIpc) is 2.29. The molecule has 0 aliphatic rings. The van der Waals surface area contributed by atoms with Gasteiger partial charge in [0.1, 0.15) is 0 Å². The summed E-state index contributed by atoms with van der Waals surface area (Å²) in [4.78, 5) is 8.93. The molecule has 0 saturated carbocycles. The van der Waals surface area contributed by atoms with Gasteiger partial charge in [0.25, 0.3) is 0 Å². The first-order valence-electron chi connectivity index (χ1n) is 5.72. The Kier molecular flexibility index (Phi) is 3.89. The summed E-state index contributed by atoms with van der Waals surface area (Å²) in [6.07, 6.45) is -4.40. The maximum atomic E-state index is 12.5. The fourth-order valence-corrected chi connectivity index (χ4v) is 2.54. The lowest BCUT2D eigenvalue weighted by molar-refractivity contribution is -0.137. The summed E-state index contributed by atoms with van der Waals surface area (Å²) in [6, 6.07) is 5.08. The Morgan fingerprint density at radius 1 is 1.05 bits per heavy atom. The van der Waals surface area contributed by atoms with Crippen molar-refractivity contribution in [2.24, 2.45) is 0 Å². The van der Waals surface area contributed by atoms with E-state index in [1.54, 1.807) is 0 Å². The summed E-state index contributed by atoms with van der Waals surface area (Å²) in [5.74, 6) is 0. The Morgan fingerprint density at radius 3 is 2.15 bits per heavy atom. The molecule has 7 heteroatoms. The molecule has 0 amide bonds. The molecule has 0 unspecified atom stereocenters. The Labute approximate surface area is 118 Å². The van der Waals surface area contributed by atoms with E-state index in [-0.39, 0.29) is 5.69 Å². The number of hydrogen-bond acceptors (Lipinski definition) is 4. The Hall–Kier alpha value is -1.76. The van der Waals surface area contributed by atoms with Crippen LogP contribution >= 0.6 is 11.8 Å². The number of nitrogens with zero attached hydrogens (tertiary/aromatic N) is 2. The molecule has 106 valence electrons. The average molecular weight is 299 g/mol. The number of nitrogen functional groups attached to an aromatic ring is 1. The van der Waals surface area contributed by atoms with E-state index in [9.17, 15) is 13.2 Å². The lowest BCUT2D eigenvalue weighted by Gasteiger charge is -2.10. The number of halogens is 3. The van der Waals surface area contributed by atoms with E-state index in [1.165, 1.54) is 6.07 Å². The fourth-order valence-electron chi connectivity index (χ4n) is 1.66. The van der Waals surface area contributed by atoms with Gasteiger partial charge in [0.15, 0.2) is 5.16 Å². The molecule has 0 aliphatic heterocycles. The molecule has 1 aromatic heterocycles. The molecular formula is C13H12F3N3S. The highest BCUT2D eigenvalue weighted by Gasteiger charge is 2.30. The number of rotatable bonds is 2. The maximum Gasteiger partial charge on any atom is 0.416 e. The van der Waals surface area contributed by atoms with Gasteiger partial charge in [-0.25, -0.2) is 9.97 Å². The molecule has 1 heterocycles. The predicted molar refractivity (Wildman–Crippen MR) is 71.5 cm³/mol. The first-order valence-corrected chi connectivity index (χ1v) is 6.54. The quantitative estimate of drug-likeness (QED) is 0.676. The number of aryl methyl sites for hydroxylation is 2. The van der Waals surface area contributed by atoms with Crippen LogP contribution in [0.25, 0.3) is 0 Å². The maximum absolute atomic E-state index is 12.5. The topological polar surface area (TPSA) is 51.8 Å². The second-order valence-electron chi connectivity index (χ2n) is 4.29. The molecule has 0 saturated heterocycles. The molecule has 0 atom stereocenters. The highest BCUT2D eigenvalue weighted by Crippen LogP contribution is 2.36. The molecule has 0 fully saturated rings. The second-order valence-corrected chi connectivity index (χ2v) is 5.29. The number of anilines is 1. The summed E-state index contributed by atoms with van der Waals surface area (Å²) in [6.45, 7) is 3.66. The molecule has 0 aliphatic carbocycles. The molecule has 2 N–H and O–H groups in total. The lowest BCUT2D eigenvalue weighted by atomic mass is 10.2. The number of aromatic nitrogens is 2. The number of hydrogen-bond donors (Lipinski definition) is 1. The first-order chi connectivity index (χ1) is 9.25. The minimum absolute atomic E-state index is 0.0626. The smallest absolute Gasteiger partial charge is 0.398 e. The minimum Gasteiger partial charge on any atom is -0.398 e. The summed E-state index contributed by atoms with van der Waals surface area (Å²) >= 11 is 1.15. The van der Waals surface area contributed by atoms with Gasteiger partial charge in [0.05, 0.1) is 5.56 Å². The van der Waals surface area contributed by atoms with E-state index in [0.717, 1.165) is 35.3 Å². The van der Waals surface area contributed by atoms with Crippen molar-refractivity contribution >= 4 is 17.4 Å². The van der Waals surface area contributed by atoms with Gasteiger partial charge >= 0.3 is 6.18 Å². The van der Waals surface area contributed by atoms with Crippen LogP contribution in [0.4, 0.5) is 18.9 Å². The first kappa shape index (κ1) is 14.6. The SMILES string of the molecule is Cc1cc(C)nc(Sc2ccc(C(F)(F)F)cc2N)n1. The summed E-state index contributed by atoms with van der Waals surface area (Å²) in [7, 11) is 0. The number of benzene rings is 1. The number of nitrogens with two attached hydrogens (primary N) is 1. The minimum atomic E-state index is -4.40. The lowest BCUT2D eigenvalue weighted by Crippen LogP contribution is -2.05. The zero-order valence-corrected chi connectivity index (χ0v) is 11.6. The van der Waals surface area contributed by atoms with Crippen LogP contribution in [0.3, 0.4) is 0 Å². The van der Waals surface area contributed by atoms with Gasteiger partial charge in [-0.15, -0.1) is 0 Å². The second kappa shape index (κ2) is 5.32. The summed E-state index contributed by atoms with van der Waals surface area (Å²) in [5, 5.41) is 0.467. The third-order valence-electron chi connectivity index (χ3n) is 2.50. The van der Waals surface area contributed by atoms with Crippen LogP contribution in [0.2, 0.25) is 0 Å². The van der Waals surface area contributed by atoms with Gasteiger partial charge in [-0.1, -0.05) is 0 Å². The predicted octanol–water partition coefficient (Wildman–Crippen LogP) is 3.85. The zero-order valence-electron chi connectivity index (χ0n) is 10.8. The molecule has 20 heavy (non-hydrogen) atoms. The van der Waals surface area contributed by atoms with Crippen LogP contribution in [0.15, 0.2) is 34.3 Å². The standard InChI is InChI=1S/C13H12F3N3S/c1-7-5-8(2)19-12(18-7)20-11-4-3-9(6-10(11)17)13(14,15)16/h3-6H,17H2,1-2H3. The van der Waals surface area contributed by atoms with Crippen molar-refractivity contribution < 1.29 is 13.2 Å². The van der Waals surface area contributed by atoms with E-state index < -0.39 is 11.7 Å². The summed E-state index contributed by atoms with van der Waals surface area (Å²) in [5.41, 5.74) is 6.56. The van der Waals surface area contributed by atoms with Crippen molar-refractivity contribution in [1.82, 2.24) is 9.97 Å². The Morgan fingerprint density at radius 2 is 1.65 bits per heavy atom. The molecular weight excluding hydrogens is 287 g/mol. The van der Waals surface area contributed by atoms with Gasteiger partial charge in [0, 0.05) is 22.0 Å². The van der Waals surface area contributed by atoms with Crippen molar-refractivity contribution in [3.63, 3.8) is 0 Å². The van der Waals surface area contributed by atoms with E-state index in [4.69, 9.17) is 5.73 Å². The van der Waals surface area contributed by atoms with Crippen molar-refractivity contribution in [3.05, 3.63) is 41.2 Å². The van der Waals surface area contributed by atoms with Crippen LogP contribution in [-0.4, -0.2) is 9.97 Å². The third kappa shape index (κ3) is 3.41. The van der Waals surface area contributed by atoms with Gasteiger partial charge in [0.2, 0.25) is 0 Å². The van der Waals surface area contributed by atoms with E-state index in [0.29, 0.717) is 10.1 Å². The zero-order chi connectivity index (χ0) is 14.9. The van der Waals surface area contributed by atoms with Crippen LogP contribution in [0.5, 0.6) is 0 Å². The van der Waals surface area contributed by atoms with Crippen molar-refractivity contribution in [3.8, 4) is 0 Å². The Bertz CT molecular complexity index is 621. The third-order valence-corrected chi connectivity index (χ3v) is 3.46. The largest absolute Gasteiger partial charge is 0.416 e. The normalized spacial score (nSPS) is 11.7. The molecule has 3 nitrogen and oxygen atoms in total. The summed E-state index contributed by atoms with van der Waals surface area (Å²) < 4.78 is 37.6. The van der Waals surface area contributed by atoms with E-state index in [1.807, 2.05) is 19.9 Å². The van der Waals surface area contributed by atoms with Gasteiger partial charge in [-0.2, -0.15) is 13.2 Å². The molecule has 2 rings (SSSR count). The Balaban J connectivity index is 2.30. The molecule has 2 aromatic rings. The highest BCUT2D eigenvalue weighted by molar-refractivity contribution is 7.99. The number of alkyl halides is 3. The molecule has 0 radical (unpaired) electrons. The van der Waals surface area contributed by atoms with E-state index >= 15 is 0 Å². The van der Waals surface area contributed by atoms with Gasteiger partial charge < -0.3 is 5.73 Å². The molecule has 1 aromatic carbocycles. The van der Waals surface area contributed by atoms with Gasteiger partial charge in [-0.3, -0.25) is 0 Å². The van der Waals surface area contributed by atoms with Crippen LogP contribution < -0.4 is 5.73 Å². The van der Waals surface area contributed by atoms with Crippen LogP contribution in [0, 0.1) is 13.8 Å².